The number of nitrogens with two attached hydrogens (primary N) is 1. The van der Waals surface area contributed by atoms with E-state index in [1.807, 2.05) is 0 Å². The van der Waals surface area contributed by atoms with E-state index in [1.54, 1.807) is 0 Å². The summed E-state index contributed by atoms with van der Waals surface area (Å²) in [6, 6.07) is 5.68. The fraction of sp³-hybridized carbons (Fsp3) is 0.286. The molecule has 1 aromatic heterocycles. The molecule has 0 fully saturated rings. The number of benzene rings is 1. The van der Waals surface area contributed by atoms with Crippen LogP contribution in [0.5, 0.6) is 0 Å². The van der Waals surface area contributed by atoms with Crippen LogP contribution in [0.4, 0.5) is 13.2 Å². The van der Waals surface area contributed by atoms with Gasteiger partial charge in [-0.05, 0) is 12.1 Å². The Labute approximate surface area is 139 Å². The van der Waals surface area contributed by atoms with Gasteiger partial charge in [0.1, 0.15) is 6.61 Å². The Morgan fingerprint density at radius 3 is 2.68 bits per heavy atom. The van der Waals surface area contributed by atoms with Crippen molar-refractivity contribution in [3.05, 3.63) is 35.7 Å². The van der Waals surface area contributed by atoms with Crippen LogP contribution in [0, 0.1) is 0 Å². The third-order valence-corrected chi connectivity index (χ3v) is 2.79. The van der Waals surface area contributed by atoms with Gasteiger partial charge in [-0.2, -0.15) is 18.2 Å². The fourth-order valence-corrected chi connectivity index (χ4v) is 1.66. The molecule has 25 heavy (non-hydrogen) atoms. The Hall–Kier alpha value is -2.95. The molecule has 11 heteroatoms. The molecule has 0 bridgehead atoms. The Balaban J connectivity index is 1.94. The number of rotatable bonds is 7. The van der Waals surface area contributed by atoms with Crippen molar-refractivity contribution in [1.82, 2.24) is 15.5 Å². The molecule has 0 aliphatic carbocycles. The van der Waals surface area contributed by atoms with Crippen molar-refractivity contribution in [3.63, 3.8) is 0 Å². The van der Waals surface area contributed by atoms with Crippen molar-refractivity contribution in [2.24, 2.45) is 10.9 Å². The lowest BCUT2D eigenvalue weighted by Crippen LogP contribution is -2.25. The van der Waals surface area contributed by atoms with Crippen LogP contribution in [0.15, 0.2) is 33.9 Å². The van der Waals surface area contributed by atoms with Crippen molar-refractivity contribution in [3.8, 4) is 11.4 Å². The molecule has 0 saturated heterocycles. The number of nitrogens with one attached hydrogen (secondary N) is 1. The van der Waals surface area contributed by atoms with Gasteiger partial charge in [-0.3, -0.25) is 4.79 Å². The van der Waals surface area contributed by atoms with E-state index in [1.165, 1.54) is 30.5 Å². The van der Waals surface area contributed by atoms with Crippen molar-refractivity contribution >= 4 is 12.1 Å². The van der Waals surface area contributed by atoms with Gasteiger partial charge in [0.2, 0.25) is 5.82 Å². The van der Waals surface area contributed by atoms with Gasteiger partial charge in [0.25, 0.3) is 5.91 Å². The van der Waals surface area contributed by atoms with Crippen LogP contribution in [-0.2, 0) is 11.0 Å². The maximum atomic E-state index is 12.4. The number of amides is 1. The molecule has 1 amide bonds. The zero-order chi connectivity index (χ0) is 18.3. The number of carbonyl (C=O) groups excluding carboxylic acids is 1. The number of hydrogen-bond acceptors (Lipinski definition) is 7. The summed E-state index contributed by atoms with van der Waals surface area (Å²) in [5.74, 6) is -2.04. The van der Waals surface area contributed by atoms with E-state index in [0.717, 1.165) is 0 Å². The third-order valence-electron chi connectivity index (χ3n) is 2.79. The van der Waals surface area contributed by atoms with Crippen molar-refractivity contribution in [1.29, 1.82) is 0 Å². The molecule has 0 saturated carbocycles. The summed E-state index contributed by atoms with van der Waals surface area (Å²) in [5, 5.41) is 9.39. The number of nitrogens with zero attached hydrogens (tertiary/aromatic N) is 3. The predicted molar refractivity (Wildman–Crippen MR) is 80.6 cm³/mol. The normalized spacial score (nSPS) is 11.7. The highest BCUT2D eigenvalue weighted by Gasteiger charge is 2.38. The van der Waals surface area contributed by atoms with E-state index in [0.29, 0.717) is 12.1 Å². The molecule has 0 aliphatic rings. The number of oxime groups is 1. The lowest BCUT2D eigenvalue weighted by Gasteiger charge is -2.02. The van der Waals surface area contributed by atoms with Gasteiger partial charge >= 0.3 is 12.1 Å². The summed E-state index contributed by atoms with van der Waals surface area (Å²) in [6.07, 6.45) is -3.35. The van der Waals surface area contributed by atoms with E-state index >= 15 is 0 Å². The number of aromatic nitrogens is 2. The Morgan fingerprint density at radius 2 is 2.08 bits per heavy atom. The summed E-state index contributed by atoms with van der Waals surface area (Å²) in [6.45, 7) is 0.754. The van der Waals surface area contributed by atoms with E-state index in [4.69, 9.17) is 10.6 Å². The van der Waals surface area contributed by atoms with Crippen LogP contribution in [0.25, 0.3) is 11.4 Å². The van der Waals surface area contributed by atoms with Crippen molar-refractivity contribution in [2.45, 2.75) is 6.18 Å². The smallest absolute Gasteiger partial charge is 0.395 e. The number of halogens is 3. The highest BCUT2D eigenvalue weighted by atomic mass is 19.4. The molecule has 8 nitrogen and oxygen atoms in total. The topological polar surface area (TPSA) is 116 Å². The number of alkyl halides is 3. The predicted octanol–water partition coefficient (Wildman–Crippen LogP) is 1.45. The average Bonchev–Trinajstić information content (AvgIpc) is 3.08. The highest BCUT2D eigenvalue weighted by Crippen LogP contribution is 2.29. The largest absolute Gasteiger partial charge is 0.471 e. The second-order valence-corrected chi connectivity index (χ2v) is 4.62. The quantitative estimate of drug-likeness (QED) is 0.440. The molecule has 2 aromatic rings. The van der Waals surface area contributed by atoms with E-state index in [9.17, 15) is 18.0 Å². The van der Waals surface area contributed by atoms with Gasteiger partial charge in [0.05, 0.1) is 12.8 Å². The van der Waals surface area contributed by atoms with Gasteiger partial charge in [0, 0.05) is 17.7 Å². The van der Waals surface area contributed by atoms with Crippen LogP contribution < -0.4 is 11.1 Å². The molecule has 3 N–H and O–H groups in total. The zero-order valence-electron chi connectivity index (χ0n) is 12.8. The molecule has 0 spiro atoms. The summed E-state index contributed by atoms with van der Waals surface area (Å²) in [5.41, 5.74) is 5.80. The maximum absolute atomic E-state index is 12.4. The number of carbonyl (C=O) groups is 1. The van der Waals surface area contributed by atoms with Crippen LogP contribution in [-0.4, -0.2) is 42.0 Å². The molecular formula is C14H14F3N5O3. The number of hydrogen-bond donors (Lipinski definition) is 2. The van der Waals surface area contributed by atoms with E-state index < -0.39 is 12.1 Å². The Bertz CT molecular complexity index is 728. The SMILES string of the molecule is NCCO/N=C/CNC(=O)c1ccc(-c2noc(C(F)(F)F)n2)cc1. The lowest BCUT2D eigenvalue weighted by atomic mass is 10.1. The monoisotopic (exact) mass is 357 g/mol. The molecule has 1 aromatic carbocycles. The first-order valence-corrected chi connectivity index (χ1v) is 7.05. The summed E-state index contributed by atoms with van der Waals surface area (Å²) in [7, 11) is 0. The standard InChI is InChI=1S/C14H14F3N5O3/c15-14(16,17)13-21-11(22-25-13)9-1-3-10(4-2-9)12(23)19-6-7-20-24-8-5-18/h1-4,7H,5-6,8,18H2,(H,19,23)/b20-7+. The van der Waals surface area contributed by atoms with E-state index in [-0.39, 0.29) is 30.4 Å². The zero-order valence-corrected chi connectivity index (χ0v) is 12.8. The fourth-order valence-electron chi connectivity index (χ4n) is 1.66. The molecule has 0 aliphatic heterocycles. The Morgan fingerprint density at radius 1 is 1.36 bits per heavy atom. The minimum absolute atomic E-state index is 0.144. The summed E-state index contributed by atoms with van der Waals surface area (Å²) >= 11 is 0. The molecule has 0 radical (unpaired) electrons. The molecule has 2 rings (SSSR count). The molecule has 134 valence electrons. The molecule has 0 unspecified atom stereocenters. The van der Waals surface area contributed by atoms with Crippen LogP contribution in [0.2, 0.25) is 0 Å². The minimum Gasteiger partial charge on any atom is -0.395 e. The van der Waals surface area contributed by atoms with Crippen LogP contribution in [0.3, 0.4) is 0 Å². The first-order chi connectivity index (χ1) is 11.9. The molecular weight excluding hydrogens is 343 g/mol. The second kappa shape index (κ2) is 8.24. The van der Waals surface area contributed by atoms with E-state index in [2.05, 4.69) is 25.1 Å². The van der Waals surface area contributed by atoms with Gasteiger partial charge in [-0.15, -0.1) is 0 Å². The second-order valence-electron chi connectivity index (χ2n) is 4.62. The van der Waals surface area contributed by atoms with Crippen molar-refractivity contribution < 1.29 is 27.3 Å². The maximum Gasteiger partial charge on any atom is 0.471 e. The molecule has 0 atom stereocenters. The average molecular weight is 357 g/mol. The lowest BCUT2D eigenvalue weighted by molar-refractivity contribution is -0.159. The van der Waals surface area contributed by atoms with Crippen LogP contribution >= 0.6 is 0 Å². The van der Waals surface area contributed by atoms with Gasteiger partial charge in [0.15, 0.2) is 0 Å². The minimum atomic E-state index is -4.71. The molecule has 1 heterocycles. The van der Waals surface area contributed by atoms with Gasteiger partial charge in [-0.25, -0.2) is 0 Å². The summed E-state index contributed by atoms with van der Waals surface area (Å²) in [4.78, 5) is 19.9. The third kappa shape index (κ3) is 5.28. The Kier molecular flexibility index (Phi) is 6.06. The van der Waals surface area contributed by atoms with Crippen molar-refractivity contribution in [2.75, 3.05) is 19.7 Å². The first-order valence-electron chi connectivity index (χ1n) is 7.05. The van der Waals surface area contributed by atoms with Crippen LogP contribution in [0.1, 0.15) is 16.2 Å². The van der Waals surface area contributed by atoms with Gasteiger partial charge < -0.3 is 20.4 Å². The first kappa shape index (κ1) is 18.4. The highest BCUT2D eigenvalue weighted by molar-refractivity contribution is 5.95. The van der Waals surface area contributed by atoms with Gasteiger partial charge in [-0.1, -0.05) is 22.4 Å². The summed E-state index contributed by atoms with van der Waals surface area (Å²) < 4.78 is 41.4.